The monoisotopic (exact) mass is 466 g/mol. The van der Waals surface area contributed by atoms with Gasteiger partial charge in [0.15, 0.2) is 0 Å². The number of halogens is 1. The third-order valence-electron chi connectivity index (χ3n) is 6.80. The molecule has 0 bridgehead atoms. The topological polar surface area (TPSA) is 79.9 Å². The number of phenols is 1. The summed E-state index contributed by atoms with van der Waals surface area (Å²) in [7, 11) is 3.94. The number of phenolic OH excluding ortho intramolecular Hbond substituents is 1. The van der Waals surface area contributed by atoms with Crippen molar-refractivity contribution in [1.82, 2.24) is 19.7 Å². The number of H-pyrrole nitrogens is 1. The fourth-order valence-electron chi connectivity index (χ4n) is 5.27. The van der Waals surface area contributed by atoms with Crippen LogP contribution in [0.4, 0.5) is 4.79 Å². The molecule has 2 aromatic carbocycles. The number of carbonyl (C=O) groups excluding carboxylic acids is 2. The van der Waals surface area contributed by atoms with E-state index in [1.165, 1.54) is 4.90 Å². The van der Waals surface area contributed by atoms with Gasteiger partial charge in [0.25, 0.3) is 5.91 Å². The average Bonchev–Trinajstić information content (AvgIpc) is 3.19. The predicted octanol–water partition coefficient (Wildman–Crippen LogP) is 4.15. The number of urea groups is 1. The minimum atomic E-state index is -1.03. The Balaban J connectivity index is 1.67. The van der Waals surface area contributed by atoms with E-state index in [1.54, 1.807) is 23.1 Å². The lowest BCUT2D eigenvalue weighted by molar-refractivity contribution is -0.133. The van der Waals surface area contributed by atoms with Crippen LogP contribution in [-0.4, -0.2) is 69.5 Å². The van der Waals surface area contributed by atoms with Crippen molar-refractivity contribution in [3.05, 3.63) is 64.3 Å². The van der Waals surface area contributed by atoms with Gasteiger partial charge < -0.3 is 15.0 Å². The molecule has 1 aromatic heterocycles. The van der Waals surface area contributed by atoms with E-state index in [0.717, 1.165) is 34.3 Å². The lowest BCUT2D eigenvalue weighted by Gasteiger charge is -2.42. The smallest absolute Gasteiger partial charge is 0.328 e. The Morgan fingerprint density at radius 3 is 2.73 bits per heavy atom. The SMILES string of the molecule is CN(C)CCCN1C(=O)N2[C@H](c3cccc(O)c3)c3[nH]c4ccc(Cl)cc4c3C[C@@]2(C)C1=O. The van der Waals surface area contributed by atoms with Crippen LogP contribution in [0.3, 0.4) is 0 Å². The quantitative estimate of drug-likeness (QED) is 0.554. The number of imide groups is 1. The molecule has 8 heteroatoms. The highest BCUT2D eigenvalue weighted by atomic mass is 35.5. The molecule has 3 amide bonds. The number of hydrogen-bond donors (Lipinski definition) is 2. The molecular weight excluding hydrogens is 440 g/mol. The number of fused-ring (bicyclic) bond motifs is 4. The number of hydrogen-bond acceptors (Lipinski definition) is 4. The van der Waals surface area contributed by atoms with Gasteiger partial charge in [-0.05, 0) is 75.4 Å². The van der Waals surface area contributed by atoms with Gasteiger partial charge in [-0.3, -0.25) is 14.6 Å². The van der Waals surface area contributed by atoms with Gasteiger partial charge in [0.2, 0.25) is 0 Å². The zero-order valence-electron chi connectivity index (χ0n) is 18.9. The number of nitrogens with one attached hydrogen (secondary N) is 1. The van der Waals surface area contributed by atoms with Crippen molar-refractivity contribution >= 4 is 34.4 Å². The van der Waals surface area contributed by atoms with Gasteiger partial charge in [0.05, 0.1) is 0 Å². The molecule has 7 nitrogen and oxygen atoms in total. The Bertz CT molecular complexity index is 1270. The van der Waals surface area contributed by atoms with Crippen molar-refractivity contribution in [3.8, 4) is 5.75 Å². The fourth-order valence-corrected chi connectivity index (χ4v) is 5.44. The molecular formula is C25H27ClN4O3. The van der Waals surface area contributed by atoms with Gasteiger partial charge in [-0.2, -0.15) is 0 Å². The molecule has 0 spiro atoms. The Morgan fingerprint density at radius 1 is 1.21 bits per heavy atom. The maximum atomic E-state index is 13.7. The molecule has 172 valence electrons. The van der Waals surface area contributed by atoms with Gasteiger partial charge in [-0.25, -0.2) is 4.79 Å². The highest BCUT2D eigenvalue weighted by Crippen LogP contribution is 2.49. The molecule has 0 saturated carbocycles. The number of carbonyl (C=O) groups is 2. The van der Waals surface area contributed by atoms with Crippen LogP contribution in [0.5, 0.6) is 5.75 Å². The molecule has 5 rings (SSSR count). The number of aromatic amines is 1. The van der Waals surface area contributed by atoms with Crippen molar-refractivity contribution < 1.29 is 14.7 Å². The number of benzene rings is 2. The Kier molecular flexibility index (Phi) is 5.14. The van der Waals surface area contributed by atoms with E-state index in [4.69, 9.17) is 11.6 Å². The molecule has 0 radical (unpaired) electrons. The van der Waals surface area contributed by atoms with E-state index in [2.05, 4.69) is 4.98 Å². The van der Waals surface area contributed by atoms with Crippen LogP contribution in [0, 0.1) is 0 Å². The van der Waals surface area contributed by atoms with Crippen LogP contribution in [0.15, 0.2) is 42.5 Å². The zero-order chi connectivity index (χ0) is 23.5. The summed E-state index contributed by atoms with van der Waals surface area (Å²) in [5.74, 6) is -0.0697. The van der Waals surface area contributed by atoms with Crippen molar-refractivity contribution in [1.29, 1.82) is 0 Å². The standard InChI is InChI=1S/C25H27ClN4O3/c1-25-14-19-18-13-16(26)8-9-20(18)27-21(19)22(15-6-4-7-17(31)12-15)30(25)24(33)29(23(25)32)11-5-10-28(2)3/h4,6-9,12-13,22,27,31H,5,10-11,14H2,1-3H3/t22-,25+/m1/s1. The molecule has 33 heavy (non-hydrogen) atoms. The van der Waals surface area contributed by atoms with Crippen molar-refractivity contribution in [2.45, 2.75) is 31.3 Å². The zero-order valence-corrected chi connectivity index (χ0v) is 19.7. The average molecular weight is 467 g/mol. The number of aromatic nitrogens is 1. The molecule has 3 aromatic rings. The Labute approximate surface area is 197 Å². The van der Waals surface area contributed by atoms with Gasteiger partial charge >= 0.3 is 6.03 Å². The predicted molar refractivity (Wildman–Crippen MR) is 127 cm³/mol. The maximum absolute atomic E-state index is 13.7. The molecule has 3 heterocycles. The highest BCUT2D eigenvalue weighted by Gasteiger charge is 2.60. The lowest BCUT2D eigenvalue weighted by Crippen LogP contribution is -2.53. The van der Waals surface area contributed by atoms with Crippen molar-refractivity contribution in [2.24, 2.45) is 0 Å². The Morgan fingerprint density at radius 2 is 2.00 bits per heavy atom. The third-order valence-corrected chi connectivity index (χ3v) is 7.04. The van der Waals surface area contributed by atoms with Crippen molar-refractivity contribution in [3.63, 3.8) is 0 Å². The van der Waals surface area contributed by atoms with E-state index in [1.807, 2.05) is 50.2 Å². The second-order valence-electron chi connectivity index (χ2n) is 9.42. The van der Waals surface area contributed by atoms with Gasteiger partial charge in [0, 0.05) is 34.6 Å². The molecule has 1 fully saturated rings. The molecule has 0 unspecified atom stereocenters. The summed E-state index contributed by atoms with van der Waals surface area (Å²) in [4.78, 5) is 36.0. The van der Waals surface area contributed by atoms with Crippen LogP contribution in [-0.2, 0) is 11.2 Å². The van der Waals surface area contributed by atoms with E-state index >= 15 is 0 Å². The number of aromatic hydroxyl groups is 1. The third kappa shape index (κ3) is 3.38. The van der Waals surface area contributed by atoms with Crippen LogP contribution >= 0.6 is 11.6 Å². The second-order valence-corrected chi connectivity index (χ2v) is 9.86. The maximum Gasteiger partial charge on any atom is 0.328 e. The normalized spacial score (nSPS) is 22.4. The van der Waals surface area contributed by atoms with Gasteiger partial charge in [0.1, 0.15) is 17.3 Å². The number of nitrogens with zero attached hydrogens (tertiary/aromatic N) is 3. The molecule has 2 atom stereocenters. The van der Waals surface area contributed by atoms with Crippen LogP contribution in [0.2, 0.25) is 5.02 Å². The first-order valence-electron chi connectivity index (χ1n) is 11.1. The minimum absolute atomic E-state index is 0.112. The van der Waals surface area contributed by atoms with E-state index in [-0.39, 0.29) is 17.7 Å². The van der Waals surface area contributed by atoms with Crippen LogP contribution < -0.4 is 0 Å². The summed E-state index contributed by atoms with van der Waals surface area (Å²) in [5.41, 5.74) is 2.45. The fraction of sp³-hybridized carbons (Fsp3) is 0.360. The number of rotatable bonds is 5. The second kappa shape index (κ2) is 7.78. The summed E-state index contributed by atoms with van der Waals surface area (Å²) in [6.45, 7) is 3.00. The van der Waals surface area contributed by atoms with E-state index < -0.39 is 11.6 Å². The minimum Gasteiger partial charge on any atom is -0.508 e. The van der Waals surface area contributed by atoms with E-state index in [9.17, 15) is 14.7 Å². The Hall–Kier alpha value is -3.03. The lowest BCUT2D eigenvalue weighted by atomic mass is 9.81. The first-order chi connectivity index (χ1) is 15.7. The summed E-state index contributed by atoms with van der Waals surface area (Å²) in [5, 5.41) is 11.8. The highest BCUT2D eigenvalue weighted by molar-refractivity contribution is 6.31. The first-order valence-corrected chi connectivity index (χ1v) is 11.5. The van der Waals surface area contributed by atoms with Gasteiger partial charge in [-0.15, -0.1) is 0 Å². The molecule has 2 aliphatic heterocycles. The van der Waals surface area contributed by atoms with Crippen molar-refractivity contribution in [2.75, 3.05) is 27.2 Å². The summed E-state index contributed by atoms with van der Waals surface area (Å²) in [6, 6.07) is 11.7. The largest absolute Gasteiger partial charge is 0.508 e. The molecule has 1 saturated heterocycles. The first kappa shape index (κ1) is 21.8. The molecule has 2 N–H and O–H groups in total. The summed E-state index contributed by atoms with van der Waals surface area (Å²) >= 11 is 6.31. The van der Waals surface area contributed by atoms with Crippen LogP contribution in [0.1, 0.15) is 36.2 Å². The van der Waals surface area contributed by atoms with Crippen LogP contribution in [0.25, 0.3) is 10.9 Å². The molecule has 2 aliphatic rings. The van der Waals surface area contributed by atoms with E-state index in [0.29, 0.717) is 24.4 Å². The molecule has 0 aliphatic carbocycles. The summed E-state index contributed by atoms with van der Waals surface area (Å²) < 4.78 is 0. The number of amides is 3. The summed E-state index contributed by atoms with van der Waals surface area (Å²) in [6.07, 6.45) is 1.10. The van der Waals surface area contributed by atoms with Gasteiger partial charge in [-0.1, -0.05) is 23.7 Å².